The van der Waals surface area contributed by atoms with Crippen molar-refractivity contribution in [1.82, 2.24) is 0 Å². The molecule has 0 saturated heterocycles. The lowest BCUT2D eigenvalue weighted by Crippen LogP contribution is -2.31. The highest BCUT2D eigenvalue weighted by Gasteiger charge is 2.09. The monoisotopic (exact) mass is 302 g/mol. The minimum Gasteiger partial charge on any atom is -0.397 e. The number of hydrogen-bond donors (Lipinski definition) is 1. The van der Waals surface area contributed by atoms with Crippen LogP contribution >= 0.6 is 15.9 Å². The Bertz CT molecular complexity index is 339. The van der Waals surface area contributed by atoms with Gasteiger partial charge < -0.3 is 20.1 Å². The van der Waals surface area contributed by atoms with E-state index in [2.05, 4.69) is 20.8 Å². The number of methoxy groups -OCH3 is 2. The van der Waals surface area contributed by atoms with E-state index in [4.69, 9.17) is 15.2 Å². The fourth-order valence-corrected chi connectivity index (χ4v) is 1.95. The fraction of sp³-hybridized carbons (Fsp3) is 0.500. The Morgan fingerprint density at radius 2 is 1.76 bits per heavy atom. The largest absolute Gasteiger partial charge is 0.397 e. The van der Waals surface area contributed by atoms with Gasteiger partial charge >= 0.3 is 0 Å². The summed E-state index contributed by atoms with van der Waals surface area (Å²) < 4.78 is 11.2. The summed E-state index contributed by atoms with van der Waals surface area (Å²) in [5.74, 6) is 0. The Hall–Kier alpha value is -0.780. The van der Waals surface area contributed by atoms with Crippen LogP contribution in [0.1, 0.15) is 0 Å². The smallest absolute Gasteiger partial charge is 0.0637 e. The summed E-state index contributed by atoms with van der Waals surface area (Å²) in [6, 6.07) is 5.89. The first kappa shape index (κ1) is 14.3. The minimum atomic E-state index is 0.666. The molecule has 4 nitrogen and oxygen atoms in total. The van der Waals surface area contributed by atoms with Gasteiger partial charge in [0.2, 0.25) is 0 Å². The summed E-state index contributed by atoms with van der Waals surface area (Å²) >= 11 is 3.40. The highest BCUT2D eigenvalue weighted by atomic mass is 79.9. The molecule has 0 aliphatic heterocycles. The number of hydrogen-bond acceptors (Lipinski definition) is 4. The number of halogens is 1. The van der Waals surface area contributed by atoms with Crippen molar-refractivity contribution in [3.63, 3.8) is 0 Å². The summed E-state index contributed by atoms with van der Waals surface area (Å²) in [4.78, 5) is 2.16. The number of nitrogen functional groups attached to an aromatic ring is 1. The van der Waals surface area contributed by atoms with Crippen molar-refractivity contribution in [3.05, 3.63) is 22.7 Å². The summed E-state index contributed by atoms with van der Waals surface area (Å²) in [5.41, 5.74) is 7.78. The summed E-state index contributed by atoms with van der Waals surface area (Å²) in [6.07, 6.45) is 0. The van der Waals surface area contributed by atoms with E-state index in [0.717, 1.165) is 28.9 Å². The molecule has 0 heterocycles. The van der Waals surface area contributed by atoms with E-state index >= 15 is 0 Å². The molecule has 17 heavy (non-hydrogen) atoms. The predicted octanol–water partition coefficient (Wildman–Crippen LogP) is 2.13. The maximum absolute atomic E-state index is 6.01. The van der Waals surface area contributed by atoms with Crippen molar-refractivity contribution in [2.24, 2.45) is 0 Å². The van der Waals surface area contributed by atoms with Gasteiger partial charge in [0.05, 0.1) is 24.6 Å². The van der Waals surface area contributed by atoms with Gasteiger partial charge in [-0.15, -0.1) is 0 Å². The standard InChI is InChI=1S/C12H19BrN2O2/c1-16-7-5-15(6-8-17-2)12-4-3-10(13)9-11(12)14/h3-4,9H,5-8,14H2,1-2H3. The van der Waals surface area contributed by atoms with Crippen molar-refractivity contribution in [2.75, 3.05) is 51.2 Å². The molecule has 0 bridgehead atoms. The van der Waals surface area contributed by atoms with E-state index in [0.29, 0.717) is 13.2 Å². The van der Waals surface area contributed by atoms with Crippen molar-refractivity contribution in [1.29, 1.82) is 0 Å². The Kier molecular flexibility index (Phi) is 6.32. The van der Waals surface area contributed by atoms with Gasteiger partial charge in [-0.05, 0) is 18.2 Å². The Balaban J connectivity index is 2.79. The molecule has 0 saturated carbocycles. The lowest BCUT2D eigenvalue weighted by molar-refractivity contribution is 0.190. The Morgan fingerprint density at radius 3 is 2.24 bits per heavy atom. The van der Waals surface area contributed by atoms with Gasteiger partial charge in [0, 0.05) is 31.8 Å². The van der Waals surface area contributed by atoms with Gasteiger partial charge in [-0.1, -0.05) is 15.9 Å². The SMILES string of the molecule is COCCN(CCOC)c1ccc(Br)cc1N. The van der Waals surface area contributed by atoms with E-state index in [1.807, 2.05) is 18.2 Å². The van der Waals surface area contributed by atoms with E-state index in [1.54, 1.807) is 14.2 Å². The van der Waals surface area contributed by atoms with Crippen LogP contribution in [0.3, 0.4) is 0 Å². The van der Waals surface area contributed by atoms with Gasteiger partial charge in [0.25, 0.3) is 0 Å². The molecule has 0 aromatic heterocycles. The van der Waals surface area contributed by atoms with Crippen LogP contribution in [0.5, 0.6) is 0 Å². The maximum atomic E-state index is 6.01. The maximum Gasteiger partial charge on any atom is 0.0637 e. The fourth-order valence-electron chi connectivity index (χ4n) is 1.57. The number of anilines is 2. The van der Waals surface area contributed by atoms with Crippen LogP contribution in [0.4, 0.5) is 11.4 Å². The van der Waals surface area contributed by atoms with E-state index in [9.17, 15) is 0 Å². The molecule has 0 radical (unpaired) electrons. The van der Waals surface area contributed by atoms with Crippen LogP contribution < -0.4 is 10.6 Å². The molecule has 1 rings (SSSR count). The van der Waals surface area contributed by atoms with Crippen LogP contribution in [0.25, 0.3) is 0 Å². The van der Waals surface area contributed by atoms with Gasteiger partial charge in [-0.3, -0.25) is 0 Å². The average molecular weight is 303 g/mol. The zero-order chi connectivity index (χ0) is 12.7. The Morgan fingerprint density at radius 1 is 1.18 bits per heavy atom. The van der Waals surface area contributed by atoms with E-state index in [1.165, 1.54) is 0 Å². The normalized spacial score (nSPS) is 10.5. The van der Waals surface area contributed by atoms with Gasteiger partial charge in [0.15, 0.2) is 0 Å². The van der Waals surface area contributed by atoms with E-state index in [-0.39, 0.29) is 0 Å². The second-order valence-corrected chi connectivity index (χ2v) is 4.59. The summed E-state index contributed by atoms with van der Waals surface area (Å²) in [5, 5.41) is 0. The zero-order valence-corrected chi connectivity index (χ0v) is 11.9. The second kappa shape index (κ2) is 7.53. The molecule has 0 aliphatic carbocycles. The van der Waals surface area contributed by atoms with Crippen molar-refractivity contribution in [3.8, 4) is 0 Å². The van der Waals surface area contributed by atoms with Crippen molar-refractivity contribution >= 4 is 27.3 Å². The van der Waals surface area contributed by atoms with Crippen LogP contribution in [0.15, 0.2) is 22.7 Å². The number of nitrogens with two attached hydrogens (primary N) is 1. The quantitative estimate of drug-likeness (QED) is 0.784. The highest BCUT2D eigenvalue weighted by Crippen LogP contribution is 2.26. The number of benzene rings is 1. The molecule has 96 valence electrons. The first-order valence-corrected chi connectivity index (χ1v) is 6.26. The molecule has 1 aromatic rings. The zero-order valence-electron chi connectivity index (χ0n) is 10.3. The first-order chi connectivity index (χ1) is 8.19. The Labute approximate surface area is 111 Å². The third kappa shape index (κ3) is 4.53. The van der Waals surface area contributed by atoms with Crippen LogP contribution in [0.2, 0.25) is 0 Å². The van der Waals surface area contributed by atoms with Crippen LogP contribution in [-0.4, -0.2) is 40.5 Å². The van der Waals surface area contributed by atoms with Crippen molar-refractivity contribution < 1.29 is 9.47 Å². The predicted molar refractivity (Wildman–Crippen MR) is 74.5 cm³/mol. The van der Waals surface area contributed by atoms with Crippen LogP contribution in [0, 0.1) is 0 Å². The third-order valence-electron chi connectivity index (χ3n) is 2.46. The summed E-state index contributed by atoms with van der Waals surface area (Å²) in [7, 11) is 3.39. The molecule has 0 fully saturated rings. The highest BCUT2D eigenvalue weighted by molar-refractivity contribution is 9.10. The second-order valence-electron chi connectivity index (χ2n) is 3.68. The topological polar surface area (TPSA) is 47.7 Å². The molecular weight excluding hydrogens is 284 g/mol. The molecule has 0 aliphatic rings. The molecule has 2 N–H and O–H groups in total. The lowest BCUT2D eigenvalue weighted by Gasteiger charge is -2.25. The molecule has 0 spiro atoms. The van der Waals surface area contributed by atoms with Gasteiger partial charge in [-0.2, -0.15) is 0 Å². The molecule has 0 unspecified atom stereocenters. The summed E-state index contributed by atoms with van der Waals surface area (Å²) in [6.45, 7) is 2.93. The third-order valence-corrected chi connectivity index (χ3v) is 2.95. The molecule has 1 aromatic carbocycles. The first-order valence-electron chi connectivity index (χ1n) is 5.47. The number of ether oxygens (including phenoxy) is 2. The van der Waals surface area contributed by atoms with Crippen molar-refractivity contribution in [2.45, 2.75) is 0 Å². The number of nitrogens with zero attached hydrogens (tertiary/aromatic N) is 1. The van der Waals surface area contributed by atoms with Gasteiger partial charge in [0.1, 0.15) is 0 Å². The molecule has 0 amide bonds. The minimum absolute atomic E-state index is 0.666. The molecular formula is C12H19BrN2O2. The average Bonchev–Trinajstić information content (AvgIpc) is 2.30. The van der Waals surface area contributed by atoms with E-state index < -0.39 is 0 Å². The van der Waals surface area contributed by atoms with Gasteiger partial charge in [-0.25, -0.2) is 0 Å². The van der Waals surface area contributed by atoms with Crippen LogP contribution in [-0.2, 0) is 9.47 Å². The molecule has 5 heteroatoms. The lowest BCUT2D eigenvalue weighted by atomic mass is 10.2. The number of rotatable bonds is 7. The molecule has 0 atom stereocenters.